The van der Waals surface area contributed by atoms with Crippen molar-refractivity contribution in [3.63, 3.8) is 0 Å². The lowest BCUT2D eigenvalue weighted by Gasteiger charge is -2.32. The zero-order valence-electron chi connectivity index (χ0n) is 37.1. The van der Waals surface area contributed by atoms with Gasteiger partial charge in [0, 0.05) is 80.6 Å². The van der Waals surface area contributed by atoms with Gasteiger partial charge in [-0.05, 0) is 78.9 Å². The number of nitrogens with zero attached hydrogens (tertiary/aromatic N) is 3. The van der Waals surface area contributed by atoms with Crippen molar-refractivity contribution >= 4 is 70.3 Å². The van der Waals surface area contributed by atoms with E-state index in [0.29, 0.717) is 67.0 Å². The molecule has 4 aromatic carbocycles. The van der Waals surface area contributed by atoms with Crippen molar-refractivity contribution in [2.75, 3.05) is 73.9 Å². The Kier molecular flexibility index (Phi) is 19.1. The molecule has 0 bridgehead atoms. The van der Waals surface area contributed by atoms with Crippen LogP contribution < -0.4 is 30.9 Å². The Labute approximate surface area is 390 Å². The number of hydrogen-bond acceptors (Lipinski definition) is 11. The molecule has 16 heteroatoms. The Hall–Kier alpha value is -5.84. The van der Waals surface area contributed by atoms with Gasteiger partial charge in [0.1, 0.15) is 5.75 Å². The van der Waals surface area contributed by atoms with Gasteiger partial charge in [0.25, 0.3) is 11.8 Å². The minimum absolute atomic E-state index is 0.0446. The van der Waals surface area contributed by atoms with Crippen LogP contribution in [0.2, 0.25) is 0 Å². The molecule has 65 heavy (non-hydrogen) atoms. The van der Waals surface area contributed by atoms with Crippen molar-refractivity contribution in [3.8, 4) is 5.75 Å². The highest BCUT2D eigenvalue weighted by Crippen LogP contribution is 2.28. The summed E-state index contributed by atoms with van der Waals surface area (Å²) >= 11 is 3.55. The Morgan fingerprint density at radius 1 is 0.846 bits per heavy atom. The first-order valence-electron chi connectivity index (χ1n) is 22.0. The van der Waals surface area contributed by atoms with Crippen molar-refractivity contribution in [3.05, 3.63) is 125 Å². The van der Waals surface area contributed by atoms with E-state index in [4.69, 9.17) is 14.5 Å². The third kappa shape index (κ3) is 16.0. The molecule has 2 atom stereocenters. The lowest BCUT2D eigenvalue weighted by atomic mass is 9.99. The first-order valence-corrected chi connectivity index (χ1v) is 24.3. The Bertz CT molecular complexity index is 2260. The minimum atomic E-state index is -1.13. The van der Waals surface area contributed by atoms with Gasteiger partial charge in [0.05, 0.1) is 18.0 Å². The molecule has 1 fully saturated rings. The third-order valence-corrected chi connectivity index (χ3v) is 13.0. The van der Waals surface area contributed by atoms with Crippen molar-refractivity contribution in [1.29, 1.82) is 0 Å². The van der Waals surface area contributed by atoms with Crippen molar-refractivity contribution in [2.45, 2.75) is 51.1 Å². The van der Waals surface area contributed by atoms with E-state index in [1.807, 2.05) is 96.7 Å². The number of anilines is 2. The number of para-hydroxylation sites is 1. The molecule has 4 aromatic rings. The van der Waals surface area contributed by atoms with Gasteiger partial charge < -0.3 is 35.6 Å². The Morgan fingerprint density at radius 3 is 2.48 bits per heavy atom. The smallest absolute Gasteiger partial charge is 0.321 e. The van der Waals surface area contributed by atoms with Crippen LogP contribution in [0.4, 0.5) is 16.2 Å². The molecule has 0 aromatic heterocycles. The van der Waals surface area contributed by atoms with Gasteiger partial charge in [-0.15, -0.1) is 0 Å². The number of carbonyl (C=O) groups is 5. The lowest BCUT2D eigenvalue weighted by molar-refractivity contribution is -0.146. The number of urea groups is 1. The van der Waals surface area contributed by atoms with Crippen LogP contribution in [-0.4, -0.2) is 110 Å². The fraction of sp³-hybridized carbons (Fsp3) is 0.388. The standard InChI is InChI=1S/C49H59N7O7S2/c1-35(57)63-32-45(59)50-22-11-25-62-41-18-9-12-36(29-41)30-56-24-10-14-38(31-56)34-65-27-23-51-44(58)21-26-64-33-37-13-8-17-40(28-37)52-49(61)54-47-48(60)55(2)43-20-7-6-19-42(43)46(53-47)39-15-4-3-5-16-39/h3-9,12-13,15-20,28-29,38,47H,10-11,14,21-27,30-34H2,1-2H3,(H,50,59)(H,51,58)(H2,52,54,61)/t38?,47-/m0/s1. The predicted octanol–water partition coefficient (Wildman–Crippen LogP) is 6.48. The number of likely N-dealkylation sites (tertiary alicyclic amines) is 1. The summed E-state index contributed by atoms with van der Waals surface area (Å²) in [7, 11) is 1.69. The molecule has 0 spiro atoms. The number of aliphatic imine (C=N–C) groups is 1. The Balaban J connectivity index is 0.835. The van der Waals surface area contributed by atoms with Gasteiger partial charge in [0.15, 0.2) is 6.61 Å². The lowest BCUT2D eigenvalue weighted by Crippen LogP contribution is -2.47. The maximum atomic E-state index is 13.5. The molecule has 1 unspecified atom stereocenters. The van der Waals surface area contributed by atoms with Crippen molar-refractivity contribution < 1.29 is 33.4 Å². The average molecular weight is 922 g/mol. The predicted molar refractivity (Wildman–Crippen MR) is 260 cm³/mol. The summed E-state index contributed by atoms with van der Waals surface area (Å²) in [5.74, 6) is 3.58. The normalized spacial score (nSPS) is 16.1. The van der Waals surface area contributed by atoms with Gasteiger partial charge in [0.2, 0.25) is 12.1 Å². The quantitative estimate of drug-likeness (QED) is 0.0506. The summed E-state index contributed by atoms with van der Waals surface area (Å²) < 4.78 is 10.6. The summed E-state index contributed by atoms with van der Waals surface area (Å²) in [5.41, 5.74) is 5.78. The van der Waals surface area contributed by atoms with Crippen LogP contribution in [0, 0.1) is 5.92 Å². The number of benzene rings is 4. The Morgan fingerprint density at radius 2 is 1.63 bits per heavy atom. The molecule has 2 heterocycles. The van der Waals surface area contributed by atoms with Crippen LogP contribution in [0.15, 0.2) is 108 Å². The monoisotopic (exact) mass is 921 g/mol. The molecule has 4 N–H and O–H groups in total. The van der Waals surface area contributed by atoms with E-state index >= 15 is 0 Å². The molecule has 1 saturated heterocycles. The van der Waals surface area contributed by atoms with Crippen LogP contribution >= 0.6 is 23.5 Å². The van der Waals surface area contributed by atoms with E-state index in [-0.39, 0.29) is 24.3 Å². The number of ether oxygens (including phenoxy) is 2. The summed E-state index contributed by atoms with van der Waals surface area (Å²) in [4.78, 5) is 70.7. The first kappa shape index (κ1) is 48.6. The second kappa shape index (κ2) is 25.6. The van der Waals surface area contributed by atoms with E-state index in [9.17, 15) is 24.0 Å². The van der Waals surface area contributed by atoms with Crippen LogP contribution in [0.5, 0.6) is 5.75 Å². The largest absolute Gasteiger partial charge is 0.494 e. The molecule has 2 aliphatic rings. The molecule has 0 saturated carbocycles. The van der Waals surface area contributed by atoms with Crippen molar-refractivity contribution in [1.82, 2.24) is 20.9 Å². The summed E-state index contributed by atoms with van der Waals surface area (Å²) in [5, 5.41) is 11.4. The molecule has 344 valence electrons. The molecule has 6 rings (SSSR count). The highest BCUT2D eigenvalue weighted by atomic mass is 32.2. The number of nitrogens with one attached hydrogen (secondary N) is 4. The number of hydrogen-bond donors (Lipinski definition) is 4. The maximum Gasteiger partial charge on any atom is 0.321 e. The van der Waals surface area contributed by atoms with Crippen LogP contribution in [0.1, 0.15) is 54.9 Å². The fourth-order valence-corrected chi connectivity index (χ4v) is 9.47. The number of amides is 5. The SMILES string of the molecule is CC(=O)OCC(=O)NCCCOc1cccc(CN2CCCC(CSCCNC(=O)CCSCc3cccc(NC(=O)N[C@@H]4N=C(c5ccccc5)c5ccccc5N(C)C4=O)c3)C2)c1. The molecule has 0 aliphatic carbocycles. The summed E-state index contributed by atoms with van der Waals surface area (Å²) in [6.07, 6.45) is 2.31. The highest BCUT2D eigenvalue weighted by Gasteiger charge is 2.31. The summed E-state index contributed by atoms with van der Waals surface area (Å²) in [6.45, 7) is 5.52. The molecule has 5 amide bonds. The van der Waals surface area contributed by atoms with Gasteiger partial charge in [-0.3, -0.25) is 24.1 Å². The van der Waals surface area contributed by atoms with Gasteiger partial charge in [-0.25, -0.2) is 9.79 Å². The van der Waals surface area contributed by atoms with E-state index in [1.54, 1.807) is 24.9 Å². The summed E-state index contributed by atoms with van der Waals surface area (Å²) in [6, 6.07) is 32.4. The maximum absolute atomic E-state index is 13.5. The van der Waals surface area contributed by atoms with Crippen LogP contribution in [0.3, 0.4) is 0 Å². The number of piperidine rings is 1. The molecule has 0 radical (unpaired) electrons. The number of likely N-dealkylation sites (N-methyl/N-ethyl adjacent to an activating group) is 1. The highest BCUT2D eigenvalue weighted by molar-refractivity contribution is 7.99. The fourth-order valence-electron chi connectivity index (χ4n) is 7.56. The van der Waals surface area contributed by atoms with Gasteiger partial charge >= 0.3 is 12.0 Å². The second-order valence-electron chi connectivity index (χ2n) is 15.9. The topological polar surface area (TPSA) is 171 Å². The van der Waals surface area contributed by atoms with E-state index in [1.165, 1.54) is 23.8 Å². The second-order valence-corrected chi connectivity index (χ2v) is 18.2. The number of esters is 1. The first-order chi connectivity index (χ1) is 31.6. The van der Waals surface area contributed by atoms with E-state index < -0.39 is 18.2 Å². The molecule has 14 nitrogen and oxygen atoms in total. The molecular formula is C49H59N7O7S2. The third-order valence-electron chi connectivity index (χ3n) is 10.7. The van der Waals surface area contributed by atoms with Gasteiger partial charge in [-0.2, -0.15) is 23.5 Å². The zero-order valence-corrected chi connectivity index (χ0v) is 38.7. The van der Waals surface area contributed by atoms with Crippen LogP contribution in [-0.2, 0) is 36.2 Å². The zero-order chi connectivity index (χ0) is 45.8. The minimum Gasteiger partial charge on any atom is -0.494 e. The number of thioether (sulfide) groups is 2. The van der Waals surface area contributed by atoms with Gasteiger partial charge in [-0.1, -0.05) is 72.8 Å². The number of benzodiazepines with no additional fused rings is 1. The van der Waals surface area contributed by atoms with E-state index in [2.05, 4.69) is 38.3 Å². The van der Waals surface area contributed by atoms with Crippen molar-refractivity contribution in [2.24, 2.45) is 10.9 Å². The van der Waals surface area contributed by atoms with Crippen LogP contribution in [0.25, 0.3) is 0 Å². The molecule has 2 aliphatic heterocycles. The number of carbonyl (C=O) groups excluding carboxylic acids is 5. The number of fused-ring (bicyclic) bond motifs is 1. The molecular weight excluding hydrogens is 863 g/mol. The average Bonchev–Trinajstić information content (AvgIpc) is 3.40. The number of rotatable bonds is 22. The van der Waals surface area contributed by atoms with E-state index in [0.717, 1.165) is 60.0 Å².